The van der Waals surface area contributed by atoms with Gasteiger partial charge in [-0.1, -0.05) is 29.3 Å². The van der Waals surface area contributed by atoms with Crippen molar-refractivity contribution in [3.8, 4) is 0 Å². The Hall–Kier alpha value is -0.810. The summed E-state index contributed by atoms with van der Waals surface area (Å²) in [4.78, 5) is 15.3. The molecule has 1 aromatic carbocycles. The normalized spacial score (nSPS) is 22.2. The van der Waals surface area contributed by atoms with Crippen molar-refractivity contribution in [1.82, 2.24) is 4.90 Å². The quantitative estimate of drug-likeness (QED) is 0.895. The molecule has 1 aliphatic rings. The minimum absolute atomic E-state index is 0.000715. The zero-order chi connectivity index (χ0) is 15.1. The first-order valence-electron chi connectivity index (χ1n) is 6.89. The van der Waals surface area contributed by atoms with E-state index in [9.17, 15) is 4.79 Å². The molecular weight excluding hydrogens is 327 g/mol. The molecule has 0 radical (unpaired) electrons. The molecular formula is C15H16Cl2N2OS. The highest BCUT2D eigenvalue weighted by molar-refractivity contribution is 7.21. The van der Waals surface area contributed by atoms with Gasteiger partial charge in [0.25, 0.3) is 5.91 Å². The van der Waals surface area contributed by atoms with Gasteiger partial charge >= 0.3 is 0 Å². The van der Waals surface area contributed by atoms with Crippen LogP contribution in [0.3, 0.4) is 0 Å². The van der Waals surface area contributed by atoms with Crippen LogP contribution in [-0.4, -0.2) is 29.9 Å². The van der Waals surface area contributed by atoms with E-state index in [1.807, 2.05) is 17.0 Å². The van der Waals surface area contributed by atoms with E-state index in [0.29, 0.717) is 33.9 Å². The second kappa shape index (κ2) is 5.76. The number of halogens is 2. The Kier molecular flexibility index (Phi) is 4.14. The van der Waals surface area contributed by atoms with E-state index < -0.39 is 0 Å². The Balaban J connectivity index is 1.97. The minimum Gasteiger partial charge on any atom is -0.335 e. The molecule has 2 heterocycles. The number of benzene rings is 1. The van der Waals surface area contributed by atoms with E-state index in [2.05, 4.69) is 6.92 Å². The fourth-order valence-corrected chi connectivity index (χ4v) is 4.65. The number of hydrogen-bond acceptors (Lipinski definition) is 3. The maximum Gasteiger partial charge on any atom is 0.265 e. The van der Waals surface area contributed by atoms with Crippen LogP contribution in [0.4, 0.5) is 0 Å². The predicted molar refractivity (Wildman–Crippen MR) is 89.5 cm³/mol. The van der Waals surface area contributed by atoms with Crippen molar-refractivity contribution >= 4 is 50.5 Å². The van der Waals surface area contributed by atoms with Crippen molar-refractivity contribution in [3.05, 3.63) is 33.1 Å². The molecule has 6 heteroatoms. The number of amides is 1. The Morgan fingerprint density at radius 3 is 2.90 bits per heavy atom. The molecule has 112 valence electrons. The van der Waals surface area contributed by atoms with Crippen molar-refractivity contribution in [2.45, 2.75) is 19.4 Å². The third kappa shape index (κ3) is 2.66. The predicted octanol–water partition coefficient (Wildman–Crippen LogP) is 4.02. The molecule has 21 heavy (non-hydrogen) atoms. The first kappa shape index (κ1) is 15.1. The maximum absolute atomic E-state index is 12.8. The molecule has 2 N–H and O–H groups in total. The number of rotatable bonds is 2. The van der Waals surface area contributed by atoms with Gasteiger partial charge in [0.2, 0.25) is 0 Å². The maximum atomic E-state index is 12.8. The number of carbonyl (C=O) groups is 1. The number of nitrogens with two attached hydrogens (primary N) is 1. The van der Waals surface area contributed by atoms with E-state index in [1.54, 1.807) is 6.07 Å². The Morgan fingerprint density at radius 2 is 2.24 bits per heavy atom. The van der Waals surface area contributed by atoms with Gasteiger partial charge in [0.1, 0.15) is 4.88 Å². The molecule has 0 saturated carbocycles. The van der Waals surface area contributed by atoms with Crippen LogP contribution in [0.5, 0.6) is 0 Å². The number of carbonyl (C=O) groups excluding carboxylic acids is 1. The average Bonchev–Trinajstić information content (AvgIpc) is 2.99. The van der Waals surface area contributed by atoms with Gasteiger partial charge in [0.05, 0.1) is 5.02 Å². The van der Waals surface area contributed by atoms with Crippen LogP contribution in [-0.2, 0) is 0 Å². The van der Waals surface area contributed by atoms with E-state index in [1.165, 1.54) is 11.3 Å². The summed E-state index contributed by atoms with van der Waals surface area (Å²) >= 11 is 13.8. The van der Waals surface area contributed by atoms with E-state index in [0.717, 1.165) is 16.5 Å². The van der Waals surface area contributed by atoms with Crippen LogP contribution in [0, 0.1) is 5.92 Å². The molecule has 2 unspecified atom stereocenters. The highest BCUT2D eigenvalue weighted by atomic mass is 35.5. The van der Waals surface area contributed by atoms with Gasteiger partial charge in [-0.05, 0) is 37.9 Å². The van der Waals surface area contributed by atoms with Crippen LogP contribution in [0.15, 0.2) is 18.2 Å². The molecule has 2 aromatic rings. The van der Waals surface area contributed by atoms with Gasteiger partial charge in [0.15, 0.2) is 0 Å². The van der Waals surface area contributed by atoms with Gasteiger partial charge < -0.3 is 10.6 Å². The average molecular weight is 343 g/mol. The Bertz CT molecular complexity index is 700. The van der Waals surface area contributed by atoms with E-state index in [-0.39, 0.29) is 11.9 Å². The summed E-state index contributed by atoms with van der Waals surface area (Å²) < 4.78 is 0.943. The van der Waals surface area contributed by atoms with Gasteiger partial charge in [0, 0.05) is 27.7 Å². The summed E-state index contributed by atoms with van der Waals surface area (Å²) in [5.74, 6) is 0.382. The number of thiophene rings is 1. The highest BCUT2D eigenvalue weighted by Crippen LogP contribution is 2.38. The van der Waals surface area contributed by atoms with E-state index in [4.69, 9.17) is 28.9 Å². The molecule has 2 atom stereocenters. The topological polar surface area (TPSA) is 46.3 Å². The highest BCUT2D eigenvalue weighted by Gasteiger charge is 2.34. The van der Waals surface area contributed by atoms with Gasteiger partial charge in [-0.3, -0.25) is 4.79 Å². The van der Waals surface area contributed by atoms with Crippen LogP contribution in [0.2, 0.25) is 10.0 Å². The SMILES string of the molecule is CC1CC(CN)CN1C(=O)c1sc2cc(Cl)ccc2c1Cl. The second-order valence-corrected chi connectivity index (χ2v) is 7.40. The van der Waals surface area contributed by atoms with Crippen molar-refractivity contribution in [3.63, 3.8) is 0 Å². The largest absolute Gasteiger partial charge is 0.335 e. The number of likely N-dealkylation sites (tertiary alicyclic amines) is 1. The summed E-state index contributed by atoms with van der Waals surface area (Å²) in [5.41, 5.74) is 5.73. The molecule has 1 fully saturated rings. The number of hydrogen-bond donors (Lipinski definition) is 1. The van der Waals surface area contributed by atoms with Crippen LogP contribution < -0.4 is 5.73 Å². The molecule has 1 aromatic heterocycles. The monoisotopic (exact) mass is 342 g/mol. The summed E-state index contributed by atoms with van der Waals surface area (Å²) in [7, 11) is 0. The molecule has 1 aliphatic heterocycles. The number of nitrogens with zero attached hydrogens (tertiary/aromatic N) is 1. The van der Waals surface area contributed by atoms with Crippen molar-refractivity contribution in [1.29, 1.82) is 0 Å². The molecule has 1 amide bonds. The van der Waals surface area contributed by atoms with Gasteiger partial charge in [-0.2, -0.15) is 0 Å². The number of fused-ring (bicyclic) bond motifs is 1. The summed E-state index contributed by atoms with van der Waals surface area (Å²) in [6.45, 7) is 3.39. The first-order chi connectivity index (χ1) is 10.0. The molecule has 3 nitrogen and oxygen atoms in total. The third-order valence-corrected chi connectivity index (χ3v) is 5.92. The van der Waals surface area contributed by atoms with Gasteiger partial charge in [-0.15, -0.1) is 11.3 Å². The molecule has 3 rings (SSSR count). The second-order valence-electron chi connectivity index (χ2n) is 5.53. The lowest BCUT2D eigenvalue weighted by atomic mass is 10.1. The third-order valence-electron chi connectivity index (χ3n) is 4.04. The van der Waals surface area contributed by atoms with Crippen molar-refractivity contribution in [2.75, 3.05) is 13.1 Å². The van der Waals surface area contributed by atoms with Crippen LogP contribution >= 0.6 is 34.5 Å². The lowest BCUT2D eigenvalue weighted by molar-refractivity contribution is 0.0748. The fraction of sp³-hybridized carbons (Fsp3) is 0.400. The van der Waals surface area contributed by atoms with Crippen molar-refractivity contribution in [2.24, 2.45) is 11.7 Å². The smallest absolute Gasteiger partial charge is 0.265 e. The first-order valence-corrected chi connectivity index (χ1v) is 8.47. The van der Waals surface area contributed by atoms with Gasteiger partial charge in [-0.25, -0.2) is 0 Å². The standard InChI is InChI=1S/C15H16Cl2N2OS/c1-8-4-9(6-18)7-19(8)15(20)14-13(17)11-3-2-10(16)5-12(11)21-14/h2-3,5,8-9H,4,6-7,18H2,1H3. The zero-order valence-electron chi connectivity index (χ0n) is 11.6. The summed E-state index contributed by atoms with van der Waals surface area (Å²) in [5, 5.41) is 2.06. The van der Waals surface area contributed by atoms with Crippen LogP contribution in [0.25, 0.3) is 10.1 Å². The molecule has 0 bridgehead atoms. The Morgan fingerprint density at radius 1 is 1.48 bits per heavy atom. The van der Waals surface area contributed by atoms with Crippen molar-refractivity contribution < 1.29 is 4.79 Å². The zero-order valence-corrected chi connectivity index (χ0v) is 13.9. The van der Waals surface area contributed by atoms with E-state index >= 15 is 0 Å². The minimum atomic E-state index is 0.000715. The van der Waals surface area contributed by atoms with Crippen LogP contribution in [0.1, 0.15) is 23.0 Å². The molecule has 0 spiro atoms. The molecule has 0 aliphatic carbocycles. The Labute approximate surface area is 137 Å². The fourth-order valence-electron chi connectivity index (χ4n) is 2.90. The summed E-state index contributed by atoms with van der Waals surface area (Å²) in [6, 6.07) is 5.71. The molecule has 1 saturated heterocycles. The lowest BCUT2D eigenvalue weighted by Gasteiger charge is -2.20. The lowest BCUT2D eigenvalue weighted by Crippen LogP contribution is -2.34. The summed E-state index contributed by atoms with van der Waals surface area (Å²) in [6.07, 6.45) is 0.955.